The Hall–Kier alpha value is -7.59. The maximum atomic E-state index is 9.41. The summed E-state index contributed by atoms with van der Waals surface area (Å²) >= 11 is 0. The van der Waals surface area contributed by atoms with Crippen LogP contribution >= 0.6 is 0 Å². The Morgan fingerprint density at radius 1 is 0.314 bits per heavy atom. The molecule has 4 aromatic heterocycles. The highest BCUT2D eigenvalue weighted by Crippen LogP contribution is 2.26. The molecule has 10 rings (SSSR count). The zero-order valence-electron chi connectivity index (χ0n) is 54.5. The second-order valence-electron chi connectivity index (χ2n) is 25.9. The topological polar surface area (TPSA) is 96.4 Å². The molecule has 0 saturated heterocycles. The molecular weight excluding hydrogens is 1050 g/mol. The Balaban J connectivity index is 0.000000296. The molecule has 10 aromatic rings. The average molecular weight is 1150 g/mol. The van der Waals surface area contributed by atoms with Crippen molar-refractivity contribution >= 4 is 46.7 Å². The van der Waals surface area contributed by atoms with E-state index in [2.05, 4.69) is 255 Å². The molecule has 86 heavy (non-hydrogen) atoms. The molecular formula is C76H98B2N4O4. The van der Waals surface area contributed by atoms with E-state index in [1.54, 1.807) is 12.1 Å². The first-order valence-corrected chi connectivity index (χ1v) is 28.6. The Morgan fingerprint density at radius 2 is 0.709 bits per heavy atom. The molecule has 0 aliphatic rings. The fraction of sp³-hybridized carbons (Fsp3) is 0.263. The Labute approximate surface area is 519 Å². The summed E-state index contributed by atoms with van der Waals surface area (Å²) in [6.45, 7) is 30.0. The quantitative estimate of drug-likeness (QED) is 0.0623. The molecule has 0 saturated carbocycles. The van der Waals surface area contributed by atoms with Gasteiger partial charge in [0, 0.05) is 69.5 Å². The number of nitrogens with zero attached hydrogens (tertiary/aromatic N) is 4. The second kappa shape index (κ2) is 32.2. The van der Waals surface area contributed by atoms with Gasteiger partial charge >= 0.3 is 14.2 Å². The van der Waals surface area contributed by atoms with Crippen LogP contribution in [0, 0.1) is 40.5 Å². The van der Waals surface area contributed by atoms with Gasteiger partial charge in [-0.3, -0.25) is 0 Å². The number of aromatic nitrogens is 4. The third-order valence-electron chi connectivity index (χ3n) is 14.1. The molecule has 0 bridgehead atoms. The first kappa shape index (κ1) is 72.7. The highest BCUT2D eigenvalue weighted by Gasteiger charge is 2.23. The standard InChI is InChI=1S/2C20H22N.2C16H21BNO2.4CH3/c1-20(2,3)15-21-12-6-9-19(14-21)18-11-10-16-7-4-5-8-17(16)13-18;1-20(2,3)15-21-12-10-17(11-13-21)19-9-8-16-6-4-5-7-18(16)14-19;1-16(2,3)14-8-6-10-18(12-14)11-13-7-4-5-9-15(13)17(19)20;1-16(2,3)14-8-10-18(11-9-14)12-13-6-4-5-7-15(13)17(19)20;;;;/h2*4-14H,15H2,1-3H3;4-10,12,19-20H,11H2,1-3H3;4-11,19-20H,12H2,1-3H3;4*1H3/q4*+1;4*-1. The van der Waals surface area contributed by atoms with Crippen LogP contribution in [0.4, 0.5) is 0 Å². The minimum absolute atomic E-state index is 0. The SMILES string of the molecule is CC(C)(C)C[n+]1ccc(-c2ccc3ccccc3c2)cc1.CC(C)(C)C[n+]1cccc(-c2ccc3ccccc3c2)c1.CC(C)(C)c1cc[n+](Cc2ccccc2B(O)O)cc1.CC(C)(C)c1ccc[n+](Cc2ccccc2B(O)O)c1.[CH3-].[CH3-].[CH3-].[CH3-]. The van der Waals surface area contributed by atoms with Gasteiger partial charge in [0.25, 0.3) is 0 Å². The van der Waals surface area contributed by atoms with Crippen LogP contribution in [-0.4, -0.2) is 34.3 Å². The molecule has 4 heterocycles. The summed E-state index contributed by atoms with van der Waals surface area (Å²) in [5.74, 6) is 0. The van der Waals surface area contributed by atoms with Crippen LogP contribution < -0.4 is 29.2 Å². The van der Waals surface area contributed by atoms with Crippen molar-refractivity contribution in [3.8, 4) is 22.3 Å². The van der Waals surface area contributed by atoms with E-state index in [0.29, 0.717) is 29.4 Å². The zero-order chi connectivity index (χ0) is 59.2. The lowest BCUT2D eigenvalue weighted by molar-refractivity contribution is -0.708. The Kier molecular flexibility index (Phi) is 27.2. The number of hydrogen-bond acceptors (Lipinski definition) is 4. The number of benzene rings is 6. The average Bonchev–Trinajstić information content (AvgIpc) is 2.90. The first-order valence-electron chi connectivity index (χ1n) is 28.6. The molecule has 452 valence electrons. The molecule has 8 nitrogen and oxygen atoms in total. The number of fused-ring (bicyclic) bond motifs is 2. The van der Waals surface area contributed by atoms with E-state index >= 15 is 0 Å². The van der Waals surface area contributed by atoms with Gasteiger partial charge in [0.2, 0.25) is 0 Å². The fourth-order valence-corrected chi connectivity index (χ4v) is 9.76. The maximum Gasteiger partial charge on any atom is 0.488 e. The second-order valence-corrected chi connectivity index (χ2v) is 25.9. The van der Waals surface area contributed by atoms with Crippen LogP contribution in [0.15, 0.2) is 232 Å². The normalized spacial score (nSPS) is 11.1. The smallest absolute Gasteiger partial charge is 0.423 e. The molecule has 0 amide bonds. The van der Waals surface area contributed by atoms with Gasteiger partial charge in [-0.2, -0.15) is 0 Å². The number of hydrogen-bond donors (Lipinski definition) is 4. The largest absolute Gasteiger partial charge is 0.488 e. The highest BCUT2D eigenvalue weighted by molar-refractivity contribution is 6.59. The van der Waals surface area contributed by atoms with Crippen LogP contribution in [0.2, 0.25) is 0 Å². The minimum atomic E-state index is -1.43. The molecule has 10 heteroatoms. The van der Waals surface area contributed by atoms with E-state index in [9.17, 15) is 20.1 Å². The van der Waals surface area contributed by atoms with Crippen molar-refractivity contribution in [2.45, 2.75) is 120 Å². The van der Waals surface area contributed by atoms with E-state index < -0.39 is 14.2 Å². The van der Waals surface area contributed by atoms with Crippen molar-refractivity contribution < 1.29 is 38.4 Å². The van der Waals surface area contributed by atoms with Gasteiger partial charge in [-0.05, 0) is 89.8 Å². The third kappa shape index (κ3) is 22.0. The van der Waals surface area contributed by atoms with Crippen molar-refractivity contribution in [1.29, 1.82) is 0 Å². The summed E-state index contributed by atoms with van der Waals surface area (Å²) in [7, 11) is -2.86. The number of pyridine rings is 4. The molecule has 4 N–H and O–H groups in total. The molecule has 0 radical (unpaired) electrons. The van der Waals surface area contributed by atoms with Crippen LogP contribution in [0.25, 0.3) is 43.8 Å². The molecule has 0 aliphatic heterocycles. The van der Waals surface area contributed by atoms with Gasteiger partial charge < -0.3 is 49.8 Å². The molecule has 0 fully saturated rings. The molecule has 6 aromatic carbocycles. The van der Waals surface area contributed by atoms with E-state index in [4.69, 9.17) is 0 Å². The lowest BCUT2D eigenvalue weighted by Crippen LogP contribution is -2.41. The monoisotopic (exact) mass is 1150 g/mol. The Morgan fingerprint density at radius 3 is 1.17 bits per heavy atom. The van der Waals surface area contributed by atoms with Crippen LogP contribution in [0.5, 0.6) is 0 Å². The van der Waals surface area contributed by atoms with E-state index in [1.807, 2.05) is 65.6 Å². The maximum absolute atomic E-state index is 9.41. The van der Waals surface area contributed by atoms with E-state index in [0.717, 1.165) is 24.2 Å². The third-order valence-corrected chi connectivity index (χ3v) is 14.1. The predicted octanol–water partition coefficient (Wildman–Crippen LogP) is 13.5. The van der Waals surface area contributed by atoms with Crippen LogP contribution in [0.3, 0.4) is 0 Å². The summed E-state index contributed by atoms with van der Waals surface area (Å²) in [5.41, 5.74) is 11.4. The van der Waals surface area contributed by atoms with Gasteiger partial charge in [0.1, 0.15) is 0 Å². The summed E-state index contributed by atoms with van der Waals surface area (Å²) < 4.78 is 8.65. The van der Waals surface area contributed by atoms with Crippen molar-refractivity contribution in [1.82, 2.24) is 0 Å². The van der Waals surface area contributed by atoms with Crippen molar-refractivity contribution in [3.05, 3.63) is 284 Å². The molecule has 0 spiro atoms. The van der Waals surface area contributed by atoms with Crippen molar-refractivity contribution in [2.24, 2.45) is 10.8 Å². The fourth-order valence-electron chi connectivity index (χ4n) is 9.76. The lowest BCUT2D eigenvalue weighted by Gasteiger charge is -2.17. The predicted molar refractivity (Wildman–Crippen MR) is 365 cm³/mol. The zero-order valence-corrected chi connectivity index (χ0v) is 54.5. The molecule has 0 aliphatic carbocycles. The van der Waals surface area contributed by atoms with Crippen molar-refractivity contribution in [2.75, 3.05) is 0 Å². The van der Waals surface area contributed by atoms with Crippen LogP contribution in [0.1, 0.15) is 105 Å². The van der Waals surface area contributed by atoms with Gasteiger partial charge in [-0.25, -0.2) is 18.3 Å². The Bertz CT molecular complexity index is 3650. The van der Waals surface area contributed by atoms with Gasteiger partial charge in [-0.1, -0.05) is 204 Å². The molecule has 0 unspecified atom stereocenters. The highest BCUT2D eigenvalue weighted by atomic mass is 16.4. The van der Waals surface area contributed by atoms with Crippen molar-refractivity contribution in [3.63, 3.8) is 0 Å². The lowest BCUT2D eigenvalue weighted by atomic mass is 9.77. The summed E-state index contributed by atoms with van der Waals surface area (Å²) in [4.78, 5) is 0. The van der Waals surface area contributed by atoms with Gasteiger partial charge in [0.05, 0.1) is 0 Å². The van der Waals surface area contributed by atoms with Gasteiger partial charge in [0.15, 0.2) is 75.8 Å². The summed E-state index contributed by atoms with van der Waals surface area (Å²) in [6, 6.07) is 62.2. The van der Waals surface area contributed by atoms with E-state index in [-0.39, 0.29) is 46.0 Å². The van der Waals surface area contributed by atoms with Crippen LogP contribution in [-0.2, 0) is 37.0 Å². The molecule has 0 atom stereocenters. The van der Waals surface area contributed by atoms with Gasteiger partial charge in [-0.15, -0.1) is 0 Å². The number of rotatable bonds is 10. The first-order chi connectivity index (χ1) is 38.8. The van der Waals surface area contributed by atoms with E-state index in [1.165, 1.54) is 54.9 Å². The minimum Gasteiger partial charge on any atom is -0.423 e. The summed E-state index contributed by atoms with van der Waals surface area (Å²) in [6.07, 6.45) is 16.9. The summed E-state index contributed by atoms with van der Waals surface area (Å²) in [5, 5.41) is 42.8.